The minimum absolute atomic E-state index is 0.181. The lowest BCUT2D eigenvalue weighted by atomic mass is 10.4. The van der Waals surface area contributed by atoms with Gasteiger partial charge in [0.1, 0.15) is 24.8 Å². The Morgan fingerprint density at radius 1 is 0.718 bits per heavy atom. The summed E-state index contributed by atoms with van der Waals surface area (Å²) in [7, 11) is -2.59. The van der Waals surface area contributed by atoms with Crippen LogP contribution in [0.5, 0.6) is 0 Å². The van der Waals surface area contributed by atoms with Crippen molar-refractivity contribution in [3.05, 3.63) is 20.3 Å². The Bertz CT molecular complexity index is 1240. The van der Waals surface area contributed by atoms with Gasteiger partial charge in [-0.05, 0) is 57.8 Å². The Morgan fingerprint density at radius 2 is 1.08 bits per heavy atom. The van der Waals surface area contributed by atoms with Crippen LogP contribution in [0.1, 0.15) is 34.8 Å². The molecule has 0 aliphatic rings. The molecule has 3 heterocycles. The predicted molar refractivity (Wildman–Crippen MR) is 171 cm³/mol. The number of rotatable bonds is 14. The van der Waals surface area contributed by atoms with Crippen molar-refractivity contribution in [2.24, 2.45) is 0 Å². The molecule has 0 N–H and O–H groups in total. The van der Waals surface area contributed by atoms with Gasteiger partial charge in [-0.15, -0.1) is 11.3 Å². The normalized spacial score (nSPS) is 12.6. The van der Waals surface area contributed by atoms with E-state index in [1.54, 1.807) is 13.8 Å². The zero-order chi connectivity index (χ0) is 29.1. The van der Waals surface area contributed by atoms with Gasteiger partial charge in [-0.2, -0.15) is 0 Å². The second-order valence-electron chi connectivity index (χ2n) is 11.8. The van der Waals surface area contributed by atoms with Gasteiger partial charge >= 0.3 is 11.9 Å². The van der Waals surface area contributed by atoms with Gasteiger partial charge < -0.3 is 28.1 Å². The highest BCUT2D eigenvalue weighted by molar-refractivity contribution is 9.11. The first-order valence-electron chi connectivity index (χ1n) is 13.2. The molecule has 0 saturated heterocycles. The number of carbonyl (C=O) groups excluding carboxylic acids is 2. The standard InChI is InChI=1S/C26H40Br2N2O6SSi2/c1-9-35-25(31)19-17(27)23-21(29(19)15-33-11-13-38(3,4)5)22-24(37-23)18(28)20(26(32)36-10-2)30(22)16-34-12-14-39(6,7)8/h9-16H2,1-8H3. The maximum atomic E-state index is 13.1. The third kappa shape index (κ3) is 7.66. The number of ether oxygens (including phenoxy) is 4. The summed E-state index contributed by atoms with van der Waals surface area (Å²) in [6, 6.07) is 2.01. The smallest absolute Gasteiger partial charge is 0.356 e. The van der Waals surface area contributed by atoms with E-state index in [1.807, 2.05) is 9.13 Å². The van der Waals surface area contributed by atoms with Gasteiger partial charge in [0.05, 0.1) is 42.6 Å². The van der Waals surface area contributed by atoms with Crippen LogP contribution >= 0.6 is 43.2 Å². The number of carbonyl (C=O) groups is 2. The first-order valence-corrected chi connectivity index (χ1v) is 23.0. The predicted octanol–water partition coefficient (Wildman–Crippen LogP) is 8.16. The molecule has 0 unspecified atom stereocenters. The summed E-state index contributed by atoms with van der Waals surface area (Å²) < 4.78 is 29.9. The molecule has 8 nitrogen and oxygen atoms in total. The molecular formula is C26H40Br2N2O6SSi2. The average molecular weight is 725 g/mol. The molecule has 3 aromatic rings. The van der Waals surface area contributed by atoms with Crippen LogP contribution < -0.4 is 0 Å². The largest absolute Gasteiger partial charge is 0.461 e. The lowest BCUT2D eigenvalue weighted by molar-refractivity contribution is 0.0466. The molecular weight excluding hydrogens is 684 g/mol. The number of esters is 2. The molecule has 0 amide bonds. The number of hydrogen-bond acceptors (Lipinski definition) is 7. The topological polar surface area (TPSA) is 80.9 Å². The molecule has 3 aromatic heterocycles. The van der Waals surface area contributed by atoms with Crippen molar-refractivity contribution in [3.63, 3.8) is 0 Å². The average Bonchev–Trinajstić information content (AvgIpc) is 3.41. The first-order chi connectivity index (χ1) is 18.2. The Kier molecular flexibility index (Phi) is 11.1. The fourth-order valence-corrected chi connectivity index (χ4v) is 8.32. The van der Waals surface area contributed by atoms with E-state index in [0.717, 1.165) is 32.5 Å². The number of thiophene rings is 1. The number of halogens is 2. The van der Waals surface area contributed by atoms with Crippen LogP contribution in [-0.2, 0) is 32.4 Å². The van der Waals surface area contributed by atoms with Crippen LogP contribution in [0.4, 0.5) is 0 Å². The van der Waals surface area contributed by atoms with Gasteiger partial charge in [0.15, 0.2) is 0 Å². The number of nitrogens with zero attached hydrogens (tertiary/aromatic N) is 2. The van der Waals surface area contributed by atoms with Crippen LogP contribution in [0, 0.1) is 0 Å². The lowest BCUT2D eigenvalue weighted by Gasteiger charge is -2.18. The van der Waals surface area contributed by atoms with Crippen LogP contribution in [0.2, 0.25) is 51.4 Å². The van der Waals surface area contributed by atoms with Crippen molar-refractivity contribution in [1.82, 2.24) is 9.13 Å². The summed E-state index contributed by atoms with van der Waals surface area (Å²) in [6.07, 6.45) is 0. The third-order valence-electron chi connectivity index (χ3n) is 6.12. The Balaban J connectivity index is 2.20. The highest BCUT2D eigenvalue weighted by atomic mass is 79.9. The third-order valence-corrected chi connectivity index (χ3v) is 12.8. The van der Waals surface area contributed by atoms with E-state index < -0.39 is 28.1 Å². The highest BCUT2D eigenvalue weighted by Gasteiger charge is 2.32. The molecule has 0 atom stereocenters. The van der Waals surface area contributed by atoms with Crippen molar-refractivity contribution in [2.45, 2.75) is 78.7 Å². The van der Waals surface area contributed by atoms with Crippen molar-refractivity contribution < 1.29 is 28.5 Å². The van der Waals surface area contributed by atoms with Crippen LogP contribution in [-0.4, -0.2) is 63.6 Å². The van der Waals surface area contributed by atoms with Crippen LogP contribution in [0.15, 0.2) is 8.95 Å². The summed E-state index contributed by atoms with van der Waals surface area (Å²) in [5.74, 6) is -0.854. The van der Waals surface area contributed by atoms with Crippen LogP contribution in [0.3, 0.4) is 0 Å². The number of hydrogen-bond donors (Lipinski definition) is 0. The molecule has 0 saturated carbocycles. The summed E-state index contributed by atoms with van der Waals surface area (Å²) >= 11 is 8.86. The monoisotopic (exact) mass is 722 g/mol. The summed E-state index contributed by atoms with van der Waals surface area (Å²) in [5.41, 5.74) is 2.38. The lowest BCUT2D eigenvalue weighted by Crippen LogP contribution is -2.23. The van der Waals surface area contributed by atoms with Crippen LogP contribution in [0.25, 0.3) is 20.4 Å². The molecule has 13 heteroatoms. The zero-order valence-corrected chi connectivity index (χ0v) is 30.2. The van der Waals surface area contributed by atoms with Gasteiger partial charge in [-0.25, -0.2) is 9.59 Å². The van der Waals surface area contributed by atoms with E-state index in [1.165, 1.54) is 11.3 Å². The minimum Gasteiger partial charge on any atom is -0.461 e. The fourth-order valence-electron chi connectivity index (χ4n) is 4.01. The van der Waals surface area contributed by atoms with E-state index in [0.29, 0.717) is 33.5 Å². The Labute approximate surface area is 253 Å². The maximum Gasteiger partial charge on any atom is 0.356 e. The molecule has 0 aliphatic carbocycles. The SMILES string of the molecule is CCOC(=O)c1c(Br)c2sc3c(Br)c(C(=O)OCC)n(COCC[Si](C)(C)C)c3c2n1COCC[Si](C)(C)C. The molecule has 0 bridgehead atoms. The second-order valence-corrected chi connectivity index (χ2v) is 25.6. The van der Waals surface area contributed by atoms with E-state index in [-0.39, 0.29) is 26.7 Å². The van der Waals surface area contributed by atoms with E-state index >= 15 is 0 Å². The summed E-state index contributed by atoms with van der Waals surface area (Å²) in [6.45, 7) is 19.5. The molecule has 0 aliphatic heterocycles. The quantitative estimate of drug-likeness (QED) is 0.0949. The Morgan fingerprint density at radius 3 is 1.38 bits per heavy atom. The van der Waals surface area contributed by atoms with E-state index in [9.17, 15) is 9.59 Å². The van der Waals surface area contributed by atoms with Gasteiger partial charge in [0, 0.05) is 29.4 Å². The molecule has 3 rings (SSSR count). The summed E-state index contributed by atoms with van der Waals surface area (Å²) in [5, 5.41) is 0. The van der Waals surface area contributed by atoms with Crippen molar-refractivity contribution >= 4 is 91.7 Å². The Hall–Kier alpha value is -0.966. The summed E-state index contributed by atoms with van der Waals surface area (Å²) in [4.78, 5) is 26.2. The van der Waals surface area contributed by atoms with Crippen molar-refractivity contribution in [3.8, 4) is 0 Å². The fraction of sp³-hybridized carbons (Fsp3) is 0.615. The minimum atomic E-state index is -1.30. The molecule has 0 fully saturated rings. The second kappa shape index (κ2) is 13.3. The van der Waals surface area contributed by atoms with Gasteiger partial charge in [0.2, 0.25) is 0 Å². The first kappa shape index (κ1) is 32.5. The molecule has 0 radical (unpaired) electrons. The van der Waals surface area contributed by atoms with Crippen molar-refractivity contribution in [1.29, 1.82) is 0 Å². The molecule has 0 aromatic carbocycles. The maximum absolute atomic E-state index is 13.1. The number of fused-ring (bicyclic) bond motifs is 3. The van der Waals surface area contributed by atoms with Gasteiger partial charge in [0.25, 0.3) is 0 Å². The number of aromatic nitrogens is 2. The van der Waals surface area contributed by atoms with E-state index in [4.69, 9.17) is 18.9 Å². The highest BCUT2D eigenvalue weighted by Crippen LogP contribution is 2.47. The van der Waals surface area contributed by atoms with E-state index in [2.05, 4.69) is 71.1 Å². The van der Waals surface area contributed by atoms with Gasteiger partial charge in [-0.3, -0.25) is 0 Å². The van der Waals surface area contributed by atoms with Gasteiger partial charge in [-0.1, -0.05) is 39.3 Å². The zero-order valence-electron chi connectivity index (χ0n) is 24.2. The molecule has 218 valence electrons. The molecule has 39 heavy (non-hydrogen) atoms. The molecule has 0 spiro atoms. The van der Waals surface area contributed by atoms with Crippen molar-refractivity contribution in [2.75, 3.05) is 26.4 Å².